The van der Waals surface area contributed by atoms with Crippen LogP contribution in [0.1, 0.15) is 53.1 Å². The van der Waals surface area contributed by atoms with Crippen LogP contribution < -0.4 is 4.74 Å². The van der Waals surface area contributed by atoms with Crippen molar-refractivity contribution < 1.29 is 14.1 Å². The summed E-state index contributed by atoms with van der Waals surface area (Å²) in [5, 5.41) is 4.10. The van der Waals surface area contributed by atoms with E-state index in [1.54, 1.807) is 0 Å². The van der Waals surface area contributed by atoms with Crippen molar-refractivity contribution in [3.63, 3.8) is 0 Å². The van der Waals surface area contributed by atoms with Crippen LogP contribution in [-0.2, 0) is 12.8 Å². The first-order valence-corrected chi connectivity index (χ1v) is 9.67. The van der Waals surface area contributed by atoms with Crippen molar-refractivity contribution in [3.8, 4) is 5.75 Å². The van der Waals surface area contributed by atoms with Crippen molar-refractivity contribution in [3.05, 3.63) is 46.8 Å². The van der Waals surface area contributed by atoms with Gasteiger partial charge in [-0.1, -0.05) is 22.9 Å². The lowest BCUT2D eigenvalue weighted by Gasteiger charge is -2.32. The number of likely N-dealkylation sites (tertiary alicyclic amines) is 1. The van der Waals surface area contributed by atoms with Crippen molar-refractivity contribution in [2.24, 2.45) is 5.92 Å². The molecule has 0 spiro atoms. The van der Waals surface area contributed by atoms with Gasteiger partial charge in [-0.15, -0.1) is 0 Å². The van der Waals surface area contributed by atoms with E-state index in [0.29, 0.717) is 18.2 Å². The van der Waals surface area contributed by atoms with E-state index in [9.17, 15) is 4.79 Å². The zero-order chi connectivity index (χ0) is 17.9. The van der Waals surface area contributed by atoms with Gasteiger partial charge in [0, 0.05) is 31.0 Å². The molecule has 0 unspecified atom stereocenters. The number of piperidine rings is 1. The maximum atomic E-state index is 13.0. The smallest absolute Gasteiger partial charge is 0.276 e. The number of aryl methyl sites for hydroxylation is 2. The molecule has 1 aromatic carbocycles. The van der Waals surface area contributed by atoms with Crippen LogP contribution in [-0.4, -0.2) is 35.7 Å². The number of benzene rings is 1. The third kappa shape index (κ3) is 3.62. The van der Waals surface area contributed by atoms with Gasteiger partial charge in [0.2, 0.25) is 0 Å². The van der Waals surface area contributed by atoms with Crippen LogP contribution in [0.25, 0.3) is 0 Å². The second-order valence-electron chi connectivity index (χ2n) is 7.52. The second-order valence-corrected chi connectivity index (χ2v) is 7.52. The number of carbonyl (C=O) groups excluding carboxylic acids is 1. The minimum atomic E-state index is 0.0249. The van der Waals surface area contributed by atoms with E-state index < -0.39 is 0 Å². The van der Waals surface area contributed by atoms with E-state index in [2.05, 4.69) is 24.2 Å². The number of hydrogen-bond donors (Lipinski definition) is 0. The van der Waals surface area contributed by atoms with Crippen molar-refractivity contribution in [2.45, 2.75) is 45.4 Å². The zero-order valence-corrected chi connectivity index (χ0v) is 15.4. The van der Waals surface area contributed by atoms with Crippen LogP contribution in [0, 0.1) is 12.8 Å². The molecule has 1 aromatic heterocycles. The molecule has 1 aliphatic heterocycles. The Labute approximate surface area is 154 Å². The Balaban J connectivity index is 1.38. The number of rotatable bonds is 4. The molecule has 1 saturated heterocycles. The molecule has 0 bridgehead atoms. The molecule has 0 saturated carbocycles. The van der Waals surface area contributed by atoms with E-state index in [-0.39, 0.29) is 5.91 Å². The van der Waals surface area contributed by atoms with Crippen molar-refractivity contribution in [1.82, 2.24) is 10.1 Å². The quantitative estimate of drug-likeness (QED) is 0.838. The van der Waals surface area contributed by atoms with Crippen LogP contribution in [0.3, 0.4) is 0 Å². The number of amides is 1. The molecular weight excluding hydrogens is 328 g/mol. The standard InChI is InChI=1S/C21H26N2O3/c1-15-8-10-17(11-9-15)25-14-16-5-4-12-23(13-16)21(24)20-18-6-2-3-7-19(18)26-22-20/h8-11,16H,2-7,12-14H2,1H3/t16-/m0/s1. The van der Waals surface area contributed by atoms with Gasteiger partial charge in [-0.05, 0) is 51.2 Å². The first kappa shape index (κ1) is 17.1. The van der Waals surface area contributed by atoms with E-state index in [0.717, 1.165) is 68.7 Å². The Bertz CT molecular complexity index is 766. The normalized spacial score (nSPS) is 19.9. The molecule has 2 heterocycles. The lowest BCUT2D eigenvalue weighted by atomic mass is 9.95. The van der Waals surface area contributed by atoms with Crippen molar-refractivity contribution >= 4 is 5.91 Å². The molecule has 0 radical (unpaired) electrons. The molecule has 1 aliphatic carbocycles. The molecular formula is C21H26N2O3. The summed E-state index contributed by atoms with van der Waals surface area (Å²) in [5.74, 6) is 2.19. The van der Waals surface area contributed by atoms with Gasteiger partial charge in [0.15, 0.2) is 5.69 Å². The van der Waals surface area contributed by atoms with E-state index >= 15 is 0 Å². The Hall–Kier alpha value is -2.30. The van der Waals surface area contributed by atoms with Gasteiger partial charge in [0.05, 0.1) is 6.61 Å². The molecule has 4 rings (SSSR count). The SMILES string of the molecule is Cc1ccc(OC[C@H]2CCCN(C(=O)c3noc4c3CCCC4)C2)cc1. The van der Waals surface area contributed by atoms with Gasteiger partial charge in [-0.2, -0.15) is 0 Å². The number of aromatic nitrogens is 1. The number of nitrogens with zero attached hydrogens (tertiary/aromatic N) is 2. The molecule has 0 N–H and O–H groups in total. The summed E-state index contributed by atoms with van der Waals surface area (Å²) in [5.41, 5.74) is 2.81. The van der Waals surface area contributed by atoms with Gasteiger partial charge >= 0.3 is 0 Å². The van der Waals surface area contributed by atoms with E-state index in [4.69, 9.17) is 9.26 Å². The average molecular weight is 354 g/mol. The predicted molar refractivity (Wildman–Crippen MR) is 98.4 cm³/mol. The van der Waals surface area contributed by atoms with Crippen LogP contribution in [0.5, 0.6) is 5.75 Å². The van der Waals surface area contributed by atoms with Crippen LogP contribution in [0.4, 0.5) is 0 Å². The summed E-state index contributed by atoms with van der Waals surface area (Å²) in [7, 11) is 0. The van der Waals surface area contributed by atoms with Crippen LogP contribution in [0.15, 0.2) is 28.8 Å². The predicted octanol–water partition coefficient (Wildman–Crippen LogP) is 3.79. The van der Waals surface area contributed by atoms with E-state index in [1.807, 2.05) is 17.0 Å². The summed E-state index contributed by atoms with van der Waals surface area (Å²) in [6, 6.07) is 8.12. The highest BCUT2D eigenvalue weighted by atomic mass is 16.5. The number of carbonyl (C=O) groups is 1. The minimum Gasteiger partial charge on any atom is -0.493 e. The minimum absolute atomic E-state index is 0.0249. The van der Waals surface area contributed by atoms with Crippen LogP contribution in [0.2, 0.25) is 0 Å². The Morgan fingerprint density at radius 3 is 2.88 bits per heavy atom. The zero-order valence-electron chi connectivity index (χ0n) is 15.4. The first-order valence-electron chi connectivity index (χ1n) is 9.67. The van der Waals surface area contributed by atoms with Gasteiger partial charge < -0.3 is 14.2 Å². The molecule has 5 heteroatoms. The molecule has 1 atom stereocenters. The van der Waals surface area contributed by atoms with Crippen molar-refractivity contribution in [1.29, 1.82) is 0 Å². The maximum absolute atomic E-state index is 13.0. The highest BCUT2D eigenvalue weighted by molar-refractivity contribution is 5.94. The fourth-order valence-electron chi connectivity index (χ4n) is 3.94. The number of fused-ring (bicyclic) bond motifs is 1. The number of hydrogen-bond acceptors (Lipinski definition) is 4. The largest absolute Gasteiger partial charge is 0.493 e. The Morgan fingerprint density at radius 2 is 2.04 bits per heavy atom. The highest BCUT2D eigenvalue weighted by Gasteiger charge is 2.30. The summed E-state index contributed by atoms with van der Waals surface area (Å²) in [6.45, 7) is 4.23. The highest BCUT2D eigenvalue weighted by Crippen LogP contribution is 2.27. The fraction of sp³-hybridized carbons (Fsp3) is 0.524. The molecule has 138 valence electrons. The molecule has 2 aromatic rings. The molecule has 5 nitrogen and oxygen atoms in total. The van der Waals surface area contributed by atoms with Gasteiger partial charge in [0.1, 0.15) is 11.5 Å². The van der Waals surface area contributed by atoms with Crippen LogP contribution >= 0.6 is 0 Å². The molecule has 26 heavy (non-hydrogen) atoms. The van der Waals surface area contributed by atoms with Gasteiger partial charge in [-0.25, -0.2) is 0 Å². The van der Waals surface area contributed by atoms with E-state index in [1.165, 1.54) is 5.56 Å². The second kappa shape index (κ2) is 7.52. The maximum Gasteiger partial charge on any atom is 0.276 e. The Kier molecular flexibility index (Phi) is 4.96. The third-order valence-corrected chi connectivity index (χ3v) is 5.47. The topological polar surface area (TPSA) is 55.6 Å². The third-order valence-electron chi connectivity index (χ3n) is 5.47. The summed E-state index contributed by atoms with van der Waals surface area (Å²) >= 11 is 0. The Morgan fingerprint density at radius 1 is 1.23 bits per heavy atom. The molecule has 1 amide bonds. The summed E-state index contributed by atoms with van der Waals surface area (Å²) < 4.78 is 11.4. The van der Waals surface area contributed by atoms with Gasteiger partial charge in [0.25, 0.3) is 5.91 Å². The number of ether oxygens (including phenoxy) is 1. The fourth-order valence-corrected chi connectivity index (χ4v) is 3.94. The van der Waals surface area contributed by atoms with Gasteiger partial charge in [-0.3, -0.25) is 4.79 Å². The summed E-state index contributed by atoms with van der Waals surface area (Å²) in [6.07, 6.45) is 6.15. The molecule has 2 aliphatic rings. The lowest BCUT2D eigenvalue weighted by Crippen LogP contribution is -2.42. The monoisotopic (exact) mass is 354 g/mol. The summed E-state index contributed by atoms with van der Waals surface area (Å²) in [4.78, 5) is 14.9. The van der Waals surface area contributed by atoms with Crippen molar-refractivity contribution in [2.75, 3.05) is 19.7 Å². The lowest BCUT2D eigenvalue weighted by molar-refractivity contribution is 0.0622. The average Bonchev–Trinajstić information content (AvgIpc) is 3.11. The first-order chi connectivity index (χ1) is 12.7. The molecule has 1 fully saturated rings.